The third-order valence-electron chi connectivity index (χ3n) is 2.66. The Morgan fingerprint density at radius 1 is 1.53 bits per heavy atom. The van der Waals surface area contributed by atoms with Crippen LogP contribution in [0.2, 0.25) is 0 Å². The number of ketones is 1. The largest absolute Gasteiger partial charge is 0.388 e. The Hall–Kier alpha value is -0.890. The Bertz CT molecular complexity index is 264. The third-order valence-corrected chi connectivity index (χ3v) is 2.66. The molecule has 1 rings (SSSR count). The molecule has 0 aromatic rings. The van der Waals surface area contributed by atoms with Crippen molar-refractivity contribution in [3.63, 3.8) is 0 Å². The van der Waals surface area contributed by atoms with Gasteiger partial charge in [-0.15, -0.1) is 0 Å². The monoisotopic (exact) mass is 208 g/mol. The first-order valence-electron chi connectivity index (χ1n) is 5.82. The van der Waals surface area contributed by atoms with Gasteiger partial charge in [-0.3, -0.25) is 4.79 Å². The molecular formula is C13H20O2. The van der Waals surface area contributed by atoms with Gasteiger partial charge < -0.3 is 5.11 Å². The van der Waals surface area contributed by atoms with Crippen LogP contribution in [-0.4, -0.2) is 17.0 Å². The van der Waals surface area contributed by atoms with Crippen molar-refractivity contribution >= 4 is 5.78 Å². The summed E-state index contributed by atoms with van der Waals surface area (Å²) in [5.41, 5.74) is 0.645. The molecule has 0 fully saturated rings. The van der Waals surface area contributed by atoms with Gasteiger partial charge in [-0.1, -0.05) is 25.2 Å². The van der Waals surface area contributed by atoms with Crippen LogP contribution in [0, 0.1) is 0 Å². The molecule has 0 radical (unpaired) electrons. The number of carbonyl (C=O) groups is 1. The molecule has 1 atom stereocenters. The average Bonchev–Trinajstić information content (AvgIpc) is 2.25. The number of aliphatic hydroxyl groups is 1. The molecule has 0 aliphatic heterocycles. The summed E-state index contributed by atoms with van der Waals surface area (Å²) in [5, 5.41) is 9.82. The summed E-state index contributed by atoms with van der Waals surface area (Å²) in [6, 6.07) is 0. The number of rotatable bonds is 5. The van der Waals surface area contributed by atoms with E-state index >= 15 is 0 Å². The topological polar surface area (TPSA) is 37.3 Å². The van der Waals surface area contributed by atoms with Crippen molar-refractivity contribution in [1.82, 2.24) is 0 Å². The number of allylic oxidation sites excluding steroid dienone is 3. The number of Topliss-reactive ketones (excluding diaryl/α,β-unsaturated/α-hetero) is 1. The van der Waals surface area contributed by atoms with Gasteiger partial charge in [0.15, 0.2) is 5.78 Å². The first-order chi connectivity index (χ1) is 7.25. The minimum atomic E-state index is -0.556. The molecule has 0 aromatic carbocycles. The molecule has 1 aliphatic carbocycles. The lowest BCUT2D eigenvalue weighted by Gasteiger charge is -2.16. The highest BCUT2D eigenvalue weighted by Gasteiger charge is 2.19. The first-order valence-corrected chi connectivity index (χ1v) is 5.82. The molecule has 0 spiro atoms. The summed E-state index contributed by atoms with van der Waals surface area (Å²) in [5.74, 6) is 0.133. The van der Waals surface area contributed by atoms with Crippen LogP contribution in [0.15, 0.2) is 23.8 Å². The van der Waals surface area contributed by atoms with Crippen molar-refractivity contribution in [1.29, 1.82) is 0 Å². The average molecular weight is 208 g/mol. The van der Waals surface area contributed by atoms with Crippen molar-refractivity contribution in [3.8, 4) is 0 Å². The van der Waals surface area contributed by atoms with Crippen molar-refractivity contribution in [2.75, 3.05) is 0 Å². The van der Waals surface area contributed by atoms with Crippen LogP contribution in [0.25, 0.3) is 0 Å². The van der Waals surface area contributed by atoms with Gasteiger partial charge >= 0.3 is 0 Å². The van der Waals surface area contributed by atoms with Crippen LogP contribution in [0.3, 0.4) is 0 Å². The molecule has 0 amide bonds. The predicted molar refractivity (Wildman–Crippen MR) is 61.6 cm³/mol. The summed E-state index contributed by atoms with van der Waals surface area (Å²) in [4.78, 5) is 11.5. The summed E-state index contributed by atoms with van der Waals surface area (Å²) in [6.45, 7) is 2.08. The molecule has 1 N–H and O–H groups in total. The Balaban J connectivity index is 2.38. The lowest BCUT2D eigenvalue weighted by Crippen LogP contribution is -2.20. The Labute approximate surface area is 91.7 Å². The van der Waals surface area contributed by atoms with Crippen LogP contribution in [0.1, 0.15) is 45.4 Å². The fourth-order valence-electron chi connectivity index (χ4n) is 1.79. The molecule has 1 aliphatic rings. The Kier molecular flexibility index (Phi) is 5.33. The summed E-state index contributed by atoms with van der Waals surface area (Å²) >= 11 is 0. The number of hydrogen-bond donors (Lipinski definition) is 1. The fourth-order valence-corrected chi connectivity index (χ4v) is 1.79. The maximum Gasteiger partial charge on any atom is 0.161 e. The summed E-state index contributed by atoms with van der Waals surface area (Å²) in [6.07, 6.45) is 10.5. The van der Waals surface area contributed by atoms with E-state index in [1.54, 1.807) is 0 Å². The zero-order valence-electron chi connectivity index (χ0n) is 9.41. The molecule has 2 nitrogen and oxygen atoms in total. The molecule has 0 heterocycles. The van der Waals surface area contributed by atoms with E-state index in [2.05, 4.69) is 19.1 Å². The minimum absolute atomic E-state index is 0.133. The van der Waals surface area contributed by atoms with Crippen molar-refractivity contribution < 1.29 is 9.90 Å². The van der Waals surface area contributed by atoms with E-state index in [0.717, 1.165) is 25.7 Å². The molecule has 0 bridgehead atoms. The van der Waals surface area contributed by atoms with Gasteiger partial charge in [0, 0.05) is 12.0 Å². The second-order valence-corrected chi connectivity index (χ2v) is 3.95. The van der Waals surface area contributed by atoms with Gasteiger partial charge in [0.1, 0.15) is 0 Å². The van der Waals surface area contributed by atoms with Crippen LogP contribution in [0.4, 0.5) is 0 Å². The molecule has 2 heteroatoms. The SMILES string of the molecule is CC/C=C\CC[C@@H](O)C1=CCCCC1=O. The third kappa shape index (κ3) is 4.00. The highest BCUT2D eigenvalue weighted by Crippen LogP contribution is 2.19. The molecule has 0 saturated heterocycles. The number of carbonyl (C=O) groups excluding carboxylic acids is 1. The van der Waals surface area contributed by atoms with E-state index in [1.165, 1.54) is 0 Å². The van der Waals surface area contributed by atoms with Gasteiger partial charge in [0.2, 0.25) is 0 Å². The van der Waals surface area contributed by atoms with Gasteiger partial charge in [0.25, 0.3) is 0 Å². The zero-order valence-corrected chi connectivity index (χ0v) is 9.41. The van der Waals surface area contributed by atoms with Gasteiger partial charge in [-0.2, -0.15) is 0 Å². The van der Waals surface area contributed by atoms with E-state index in [1.807, 2.05) is 6.08 Å². The highest BCUT2D eigenvalue weighted by atomic mass is 16.3. The molecule has 0 saturated carbocycles. The van der Waals surface area contributed by atoms with E-state index in [-0.39, 0.29) is 5.78 Å². The van der Waals surface area contributed by atoms with Gasteiger partial charge in [-0.05, 0) is 32.1 Å². The highest BCUT2D eigenvalue weighted by molar-refractivity contribution is 5.96. The van der Waals surface area contributed by atoms with Crippen LogP contribution in [-0.2, 0) is 4.79 Å². The van der Waals surface area contributed by atoms with Crippen molar-refractivity contribution in [3.05, 3.63) is 23.8 Å². The molecule has 15 heavy (non-hydrogen) atoms. The standard InChI is InChI=1S/C13H20O2/c1-2-3-4-5-9-12(14)11-8-6-7-10-13(11)15/h3-4,8,12,14H,2,5-7,9-10H2,1H3/b4-3-/t12-/m1/s1. The van der Waals surface area contributed by atoms with E-state index in [9.17, 15) is 9.90 Å². The Morgan fingerprint density at radius 2 is 2.33 bits per heavy atom. The number of hydrogen-bond acceptors (Lipinski definition) is 2. The van der Waals surface area contributed by atoms with E-state index < -0.39 is 6.10 Å². The maximum atomic E-state index is 11.5. The minimum Gasteiger partial charge on any atom is -0.388 e. The van der Waals surface area contributed by atoms with E-state index in [0.29, 0.717) is 18.4 Å². The quantitative estimate of drug-likeness (QED) is 0.705. The lowest BCUT2D eigenvalue weighted by atomic mass is 9.92. The van der Waals surface area contributed by atoms with Crippen molar-refractivity contribution in [2.45, 2.75) is 51.6 Å². The van der Waals surface area contributed by atoms with Crippen molar-refractivity contribution in [2.24, 2.45) is 0 Å². The second-order valence-electron chi connectivity index (χ2n) is 3.95. The van der Waals surface area contributed by atoms with Crippen LogP contribution in [0.5, 0.6) is 0 Å². The second kappa shape index (κ2) is 6.57. The smallest absolute Gasteiger partial charge is 0.161 e. The predicted octanol–water partition coefficient (Wildman–Crippen LogP) is 2.77. The lowest BCUT2D eigenvalue weighted by molar-refractivity contribution is -0.117. The summed E-state index contributed by atoms with van der Waals surface area (Å²) in [7, 11) is 0. The molecule has 84 valence electrons. The van der Waals surface area contributed by atoms with Crippen LogP contribution < -0.4 is 0 Å². The molecular weight excluding hydrogens is 188 g/mol. The normalized spacial score (nSPS) is 19.3. The number of aliphatic hydroxyl groups excluding tert-OH is 1. The fraction of sp³-hybridized carbons (Fsp3) is 0.615. The molecule has 0 unspecified atom stereocenters. The Morgan fingerprint density at radius 3 is 3.00 bits per heavy atom. The van der Waals surface area contributed by atoms with Gasteiger partial charge in [-0.25, -0.2) is 0 Å². The zero-order chi connectivity index (χ0) is 11.1. The van der Waals surface area contributed by atoms with E-state index in [4.69, 9.17) is 0 Å². The summed E-state index contributed by atoms with van der Waals surface area (Å²) < 4.78 is 0. The maximum absolute atomic E-state index is 11.5. The molecule has 0 aromatic heterocycles. The van der Waals surface area contributed by atoms with Crippen LogP contribution >= 0.6 is 0 Å². The van der Waals surface area contributed by atoms with Gasteiger partial charge in [0.05, 0.1) is 6.10 Å². The first kappa shape index (κ1) is 12.2.